The molecule has 2 N–H and O–H groups in total. The molecule has 3 nitrogen and oxygen atoms in total. The van der Waals surface area contributed by atoms with Gasteiger partial charge < -0.3 is 10.4 Å². The Morgan fingerprint density at radius 1 is 1.57 bits per heavy atom. The number of rotatable bonds is 6. The standard InChI is InChI=1S/C10H18N2OS/c1-8(2)10(13)3-4-11-5-9-6-12-7-14-9/h6-8,10-11,13H,3-5H2,1-2H3. The molecule has 1 heterocycles. The lowest BCUT2D eigenvalue weighted by atomic mass is 10.0. The van der Waals surface area contributed by atoms with Crippen LogP contribution in [0.2, 0.25) is 0 Å². The largest absolute Gasteiger partial charge is 0.393 e. The first kappa shape index (κ1) is 11.6. The Labute approximate surface area is 89.2 Å². The normalized spacial score (nSPS) is 13.4. The van der Waals surface area contributed by atoms with Gasteiger partial charge in [0, 0.05) is 17.6 Å². The third-order valence-corrected chi connectivity index (χ3v) is 2.95. The fourth-order valence-corrected chi connectivity index (χ4v) is 1.69. The third-order valence-electron chi connectivity index (χ3n) is 2.17. The predicted octanol–water partition coefficient (Wildman–Crippen LogP) is 1.64. The van der Waals surface area contributed by atoms with Crippen LogP contribution in [-0.4, -0.2) is 22.7 Å². The number of nitrogens with zero attached hydrogens (tertiary/aromatic N) is 1. The summed E-state index contributed by atoms with van der Waals surface area (Å²) in [5.74, 6) is 0.347. The van der Waals surface area contributed by atoms with Gasteiger partial charge in [-0.3, -0.25) is 4.98 Å². The fraction of sp³-hybridized carbons (Fsp3) is 0.700. The van der Waals surface area contributed by atoms with Crippen LogP contribution in [0.4, 0.5) is 0 Å². The number of nitrogens with one attached hydrogen (secondary N) is 1. The quantitative estimate of drug-likeness (QED) is 0.708. The molecule has 0 fully saturated rings. The summed E-state index contributed by atoms with van der Waals surface area (Å²) in [6.45, 7) is 5.79. The molecule has 0 aromatic carbocycles. The van der Waals surface area contributed by atoms with Crippen molar-refractivity contribution in [3.8, 4) is 0 Å². The molecule has 0 aliphatic rings. The molecule has 80 valence electrons. The van der Waals surface area contributed by atoms with Crippen LogP contribution in [0.25, 0.3) is 0 Å². The van der Waals surface area contributed by atoms with Gasteiger partial charge in [0.25, 0.3) is 0 Å². The van der Waals surface area contributed by atoms with Crippen molar-refractivity contribution in [3.05, 3.63) is 16.6 Å². The molecule has 0 saturated heterocycles. The van der Waals surface area contributed by atoms with E-state index in [0.29, 0.717) is 5.92 Å². The van der Waals surface area contributed by atoms with Crippen molar-refractivity contribution in [1.82, 2.24) is 10.3 Å². The summed E-state index contributed by atoms with van der Waals surface area (Å²) in [6, 6.07) is 0. The van der Waals surface area contributed by atoms with E-state index in [1.54, 1.807) is 11.3 Å². The minimum atomic E-state index is -0.191. The van der Waals surface area contributed by atoms with Gasteiger partial charge >= 0.3 is 0 Å². The van der Waals surface area contributed by atoms with E-state index >= 15 is 0 Å². The van der Waals surface area contributed by atoms with E-state index in [1.165, 1.54) is 4.88 Å². The summed E-state index contributed by atoms with van der Waals surface area (Å²) in [6.07, 6.45) is 2.50. The maximum absolute atomic E-state index is 9.53. The molecule has 4 heteroatoms. The van der Waals surface area contributed by atoms with E-state index in [4.69, 9.17) is 0 Å². The topological polar surface area (TPSA) is 45.1 Å². The van der Waals surface area contributed by atoms with Gasteiger partial charge in [-0.15, -0.1) is 11.3 Å². The Bertz CT molecular complexity index is 236. The van der Waals surface area contributed by atoms with E-state index < -0.39 is 0 Å². The van der Waals surface area contributed by atoms with Crippen LogP contribution in [0.3, 0.4) is 0 Å². The van der Waals surface area contributed by atoms with Gasteiger partial charge in [-0.25, -0.2) is 0 Å². The smallest absolute Gasteiger partial charge is 0.0794 e. The van der Waals surface area contributed by atoms with Gasteiger partial charge in [-0.05, 0) is 18.9 Å². The Morgan fingerprint density at radius 3 is 2.93 bits per heavy atom. The lowest BCUT2D eigenvalue weighted by molar-refractivity contribution is 0.116. The van der Waals surface area contributed by atoms with Crippen LogP contribution in [0.15, 0.2) is 11.7 Å². The lowest BCUT2D eigenvalue weighted by Crippen LogP contribution is -2.23. The van der Waals surface area contributed by atoms with E-state index in [2.05, 4.69) is 10.3 Å². The van der Waals surface area contributed by atoms with E-state index in [0.717, 1.165) is 19.5 Å². The summed E-state index contributed by atoms with van der Waals surface area (Å²) in [4.78, 5) is 5.23. The zero-order valence-electron chi connectivity index (χ0n) is 8.73. The summed E-state index contributed by atoms with van der Waals surface area (Å²) in [7, 11) is 0. The minimum absolute atomic E-state index is 0.191. The molecule has 0 aliphatic heterocycles. The van der Waals surface area contributed by atoms with Gasteiger partial charge in [0.2, 0.25) is 0 Å². The molecule has 0 amide bonds. The Hall–Kier alpha value is -0.450. The van der Waals surface area contributed by atoms with Crippen molar-refractivity contribution in [3.63, 3.8) is 0 Å². The highest BCUT2D eigenvalue weighted by atomic mass is 32.1. The zero-order chi connectivity index (χ0) is 10.4. The van der Waals surface area contributed by atoms with Gasteiger partial charge in [0.05, 0.1) is 11.6 Å². The first-order valence-corrected chi connectivity index (χ1v) is 5.84. The molecular weight excluding hydrogens is 196 g/mol. The predicted molar refractivity (Wildman–Crippen MR) is 59.3 cm³/mol. The maximum Gasteiger partial charge on any atom is 0.0794 e. The van der Waals surface area contributed by atoms with Crippen molar-refractivity contribution >= 4 is 11.3 Å². The monoisotopic (exact) mass is 214 g/mol. The molecule has 14 heavy (non-hydrogen) atoms. The number of thiazole rings is 1. The summed E-state index contributed by atoms with van der Waals surface area (Å²) < 4.78 is 0. The second-order valence-electron chi connectivity index (χ2n) is 3.74. The van der Waals surface area contributed by atoms with Crippen LogP contribution < -0.4 is 5.32 Å². The average molecular weight is 214 g/mol. The van der Waals surface area contributed by atoms with Crippen LogP contribution in [-0.2, 0) is 6.54 Å². The molecule has 1 atom stereocenters. The Kier molecular flexibility index (Phi) is 5.07. The molecule has 0 radical (unpaired) electrons. The molecule has 1 rings (SSSR count). The molecule has 0 spiro atoms. The Morgan fingerprint density at radius 2 is 2.36 bits per heavy atom. The maximum atomic E-state index is 9.53. The second kappa shape index (κ2) is 6.11. The number of aromatic nitrogens is 1. The Balaban J connectivity index is 2.05. The van der Waals surface area contributed by atoms with Gasteiger partial charge in [-0.2, -0.15) is 0 Å². The number of aliphatic hydroxyl groups excluding tert-OH is 1. The second-order valence-corrected chi connectivity index (χ2v) is 4.72. The highest BCUT2D eigenvalue weighted by Gasteiger charge is 2.07. The zero-order valence-corrected chi connectivity index (χ0v) is 9.55. The van der Waals surface area contributed by atoms with Crippen molar-refractivity contribution in [2.45, 2.75) is 32.9 Å². The SMILES string of the molecule is CC(C)C(O)CCNCc1cncs1. The van der Waals surface area contributed by atoms with Crippen LogP contribution in [0.5, 0.6) is 0 Å². The van der Waals surface area contributed by atoms with Gasteiger partial charge in [-0.1, -0.05) is 13.8 Å². The minimum Gasteiger partial charge on any atom is -0.393 e. The fourth-order valence-electron chi connectivity index (χ4n) is 1.12. The van der Waals surface area contributed by atoms with Crippen molar-refractivity contribution in [2.24, 2.45) is 5.92 Å². The molecule has 1 aromatic heterocycles. The number of aliphatic hydroxyl groups is 1. The summed E-state index contributed by atoms with van der Waals surface area (Å²) >= 11 is 1.65. The van der Waals surface area contributed by atoms with E-state index in [1.807, 2.05) is 25.6 Å². The highest BCUT2D eigenvalue weighted by molar-refractivity contribution is 7.09. The van der Waals surface area contributed by atoms with Crippen LogP contribution in [0.1, 0.15) is 25.1 Å². The number of hydrogen-bond donors (Lipinski definition) is 2. The highest BCUT2D eigenvalue weighted by Crippen LogP contribution is 2.06. The van der Waals surface area contributed by atoms with Crippen LogP contribution >= 0.6 is 11.3 Å². The molecule has 1 aromatic rings. The van der Waals surface area contributed by atoms with Crippen LogP contribution in [0, 0.1) is 5.92 Å². The van der Waals surface area contributed by atoms with Crippen molar-refractivity contribution in [1.29, 1.82) is 0 Å². The molecule has 0 bridgehead atoms. The van der Waals surface area contributed by atoms with E-state index in [9.17, 15) is 5.11 Å². The van der Waals surface area contributed by atoms with Crippen molar-refractivity contribution < 1.29 is 5.11 Å². The molecular formula is C10H18N2OS. The van der Waals surface area contributed by atoms with E-state index in [-0.39, 0.29) is 6.10 Å². The molecule has 0 saturated carbocycles. The summed E-state index contributed by atoms with van der Waals surface area (Å²) in [5.41, 5.74) is 1.83. The summed E-state index contributed by atoms with van der Waals surface area (Å²) in [5, 5.41) is 12.8. The third kappa shape index (κ3) is 4.17. The first-order chi connectivity index (χ1) is 6.70. The average Bonchev–Trinajstić information content (AvgIpc) is 2.64. The number of hydrogen-bond acceptors (Lipinski definition) is 4. The first-order valence-electron chi connectivity index (χ1n) is 4.96. The molecule has 0 aliphatic carbocycles. The lowest BCUT2D eigenvalue weighted by Gasteiger charge is -2.13. The van der Waals surface area contributed by atoms with Gasteiger partial charge in [0.1, 0.15) is 0 Å². The molecule has 1 unspecified atom stereocenters. The van der Waals surface area contributed by atoms with Gasteiger partial charge in [0.15, 0.2) is 0 Å². The van der Waals surface area contributed by atoms with Crippen molar-refractivity contribution in [2.75, 3.05) is 6.54 Å².